The average Bonchev–Trinajstić information content (AvgIpc) is 2.88. The third-order valence-electron chi connectivity index (χ3n) is 3.92. The van der Waals surface area contributed by atoms with Crippen LogP contribution in [-0.2, 0) is 4.74 Å². The lowest BCUT2D eigenvalue weighted by Crippen LogP contribution is -2.33. The molecule has 1 unspecified atom stereocenters. The molecule has 0 amide bonds. The fraction of sp³-hybridized carbons (Fsp3) is 0.562. The first-order valence-electron chi connectivity index (χ1n) is 7.38. The van der Waals surface area contributed by atoms with Gasteiger partial charge >= 0.3 is 5.97 Å². The molecule has 2 rings (SSSR count). The van der Waals surface area contributed by atoms with Crippen LogP contribution in [0.2, 0.25) is 0 Å². The third kappa shape index (κ3) is 2.89. The van der Waals surface area contributed by atoms with Gasteiger partial charge in [-0.15, -0.1) is 0 Å². The minimum absolute atomic E-state index is 0.312. The van der Waals surface area contributed by atoms with E-state index in [0.29, 0.717) is 29.8 Å². The van der Waals surface area contributed by atoms with Gasteiger partial charge in [0.1, 0.15) is 0 Å². The van der Waals surface area contributed by atoms with E-state index in [-0.39, 0.29) is 5.97 Å². The Labute approximate surface area is 120 Å². The van der Waals surface area contributed by atoms with Crippen molar-refractivity contribution in [2.45, 2.75) is 39.7 Å². The molecule has 110 valence electrons. The lowest BCUT2D eigenvalue weighted by atomic mass is 10.0. The first-order valence-corrected chi connectivity index (χ1v) is 7.38. The minimum atomic E-state index is -0.312. The van der Waals surface area contributed by atoms with E-state index >= 15 is 0 Å². The smallest absolute Gasteiger partial charge is 0.338 e. The predicted octanol–water partition coefficient (Wildman–Crippen LogP) is 3.07. The number of benzene rings is 1. The molecule has 1 atom stereocenters. The van der Waals surface area contributed by atoms with Crippen molar-refractivity contribution in [3.63, 3.8) is 0 Å². The van der Waals surface area contributed by atoms with Crippen molar-refractivity contribution in [2.24, 2.45) is 5.92 Å². The molecule has 4 heteroatoms. The quantitative estimate of drug-likeness (QED) is 0.678. The van der Waals surface area contributed by atoms with Crippen LogP contribution in [0.3, 0.4) is 0 Å². The molecule has 4 nitrogen and oxygen atoms in total. The Kier molecular flexibility index (Phi) is 4.53. The number of nitrogens with zero attached hydrogens (tertiary/aromatic N) is 1. The molecular weight excluding hydrogens is 252 g/mol. The number of rotatable bonds is 4. The zero-order valence-electron chi connectivity index (χ0n) is 12.6. The van der Waals surface area contributed by atoms with Gasteiger partial charge in [-0.3, -0.25) is 0 Å². The molecule has 1 aromatic carbocycles. The molecule has 1 aliphatic heterocycles. The molecule has 0 bridgehead atoms. The number of hydrogen-bond donors (Lipinski definition) is 1. The molecule has 1 saturated heterocycles. The van der Waals surface area contributed by atoms with E-state index in [1.165, 1.54) is 12.8 Å². The lowest BCUT2D eigenvalue weighted by molar-refractivity contribution is 0.0526. The van der Waals surface area contributed by atoms with Crippen LogP contribution in [0.1, 0.15) is 44.0 Å². The highest BCUT2D eigenvalue weighted by molar-refractivity contribution is 5.92. The summed E-state index contributed by atoms with van der Waals surface area (Å²) < 4.78 is 5.00. The number of hydrogen-bond acceptors (Lipinski definition) is 4. The molecule has 1 fully saturated rings. The molecule has 0 radical (unpaired) electrons. The molecule has 1 aliphatic rings. The van der Waals surface area contributed by atoms with Crippen LogP contribution in [0.5, 0.6) is 0 Å². The van der Waals surface area contributed by atoms with Gasteiger partial charge in [0.2, 0.25) is 0 Å². The van der Waals surface area contributed by atoms with Gasteiger partial charge in [0.15, 0.2) is 0 Å². The number of carbonyl (C=O) groups excluding carboxylic acids is 1. The van der Waals surface area contributed by atoms with E-state index in [1.54, 1.807) is 19.1 Å². The van der Waals surface area contributed by atoms with E-state index in [2.05, 4.69) is 18.7 Å². The topological polar surface area (TPSA) is 55.6 Å². The molecule has 20 heavy (non-hydrogen) atoms. The van der Waals surface area contributed by atoms with Gasteiger partial charge in [-0.05, 0) is 43.9 Å². The summed E-state index contributed by atoms with van der Waals surface area (Å²) in [4.78, 5) is 14.1. The molecule has 0 aromatic heterocycles. The molecule has 1 heterocycles. The van der Waals surface area contributed by atoms with Gasteiger partial charge in [0.05, 0.1) is 23.5 Å². The van der Waals surface area contributed by atoms with E-state index in [9.17, 15) is 4.79 Å². The summed E-state index contributed by atoms with van der Waals surface area (Å²) in [6, 6.07) is 6.01. The highest BCUT2D eigenvalue weighted by Gasteiger charge is 2.28. The first kappa shape index (κ1) is 14.7. The largest absolute Gasteiger partial charge is 0.462 e. The SMILES string of the molecule is CCOC(=O)c1ccc(N2CCCC2C(C)C)c(N)c1. The van der Waals surface area contributed by atoms with Crippen molar-refractivity contribution in [1.29, 1.82) is 0 Å². The summed E-state index contributed by atoms with van der Waals surface area (Å²) in [6.07, 6.45) is 2.40. The summed E-state index contributed by atoms with van der Waals surface area (Å²) >= 11 is 0. The standard InChI is InChI=1S/C16H24N2O2/c1-4-20-16(19)12-7-8-15(13(17)10-12)18-9-5-6-14(18)11(2)3/h7-8,10-11,14H,4-6,9,17H2,1-3H3. The van der Waals surface area contributed by atoms with Gasteiger partial charge in [0, 0.05) is 12.6 Å². The monoisotopic (exact) mass is 276 g/mol. The van der Waals surface area contributed by atoms with E-state index in [0.717, 1.165) is 12.2 Å². The Morgan fingerprint density at radius 3 is 2.85 bits per heavy atom. The summed E-state index contributed by atoms with van der Waals surface area (Å²) in [7, 11) is 0. The summed E-state index contributed by atoms with van der Waals surface area (Å²) in [5.41, 5.74) is 8.36. The maximum atomic E-state index is 11.7. The Hall–Kier alpha value is -1.71. The van der Waals surface area contributed by atoms with Crippen molar-refractivity contribution >= 4 is 17.3 Å². The lowest BCUT2D eigenvalue weighted by Gasteiger charge is -2.30. The van der Waals surface area contributed by atoms with Crippen LogP contribution in [0.25, 0.3) is 0 Å². The van der Waals surface area contributed by atoms with Crippen LogP contribution < -0.4 is 10.6 Å². The highest BCUT2D eigenvalue weighted by atomic mass is 16.5. The molecule has 0 saturated carbocycles. The van der Waals surface area contributed by atoms with Gasteiger partial charge < -0.3 is 15.4 Å². The molecule has 0 aliphatic carbocycles. The van der Waals surface area contributed by atoms with Crippen molar-refractivity contribution in [1.82, 2.24) is 0 Å². The second-order valence-electron chi connectivity index (χ2n) is 5.64. The number of ether oxygens (including phenoxy) is 1. The van der Waals surface area contributed by atoms with Gasteiger partial charge in [-0.25, -0.2) is 4.79 Å². The van der Waals surface area contributed by atoms with Crippen molar-refractivity contribution in [2.75, 3.05) is 23.8 Å². The Morgan fingerprint density at radius 1 is 1.50 bits per heavy atom. The number of nitrogen functional groups attached to an aromatic ring is 1. The zero-order valence-corrected chi connectivity index (χ0v) is 12.6. The molecule has 1 aromatic rings. The van der Waals surface area contributed by atoms with Crippen molar-refractivity contribution < 1.29 is 9.53 Å². The Balaban J connectivity index is 2.23. The van der Waals surface area contributed by atoms with E-state index in [4.69, 9.17) is 10.5 Å². The number of esters is 1. The second kappa shape index (κ2) is 6.16. The first-order chi connectivity index (χ1) is 9.54. The molecule has 0 spiro atoms. The number of nitrogens with two attached hydrogens (primary N) is 1. The van der Waals surface area contributed by atoms with Crippen LogP contribution in [0.4, 0.5) is 11.4 Å². The summed E-state index contributed by atoms with van der Waals surface area (Å²) in [5, 5.41) is 0. The van der Waals surface area contributed by atoms with Crippen LogP contribution in [-0.4, -0.2) is 25.2 Å². The van der Waals surface area contributed by atoms with Gasteiger partial charge in [-0.2, -0.15) is 0 Å². The summed E-state index contributed by atoms with van der Waals surface area (Å²) in [5.74, 6) is 0.286. The minimum Gasteiger partial charge on any atom is -0.462 e. The normalized spacial score (nSPS) is 18.6. The van der Waals surface area contributed by atoms with E-state index in [1.807, 2.05) is 6.07 Å². The number of carbonyl (C=O) groups is 1. The second-order valence-corrected chi connectivity index (χ2v) is 5.64. The van der Waals surface area contributed by atoms with Crippen LogP contribution in [0.15, 0.2) is 18.2 Å². The fourth-order valence-electron chi connectivity index (χ4n) is 2.94. The van der Waals surface area contributed by atoms with Crippen LogP contribution >= 0.6 is 0 Å². The Morgan fingerprint density at radius 2 is 2.25 bits per heavy atom. The molecule has 2 N–H and O–H groups in total. The maximum Gasteiger partial charge on any atom is 0.338 e. The predicted molar refractivity (Wildman–Crippen MR) is 82.0 cm³/mol. The Bertz CT molecular complexity index is 485. The summed E-state index contributed by atoms with van der Waals surface area (Å²) in [6.45, 7) is 7.69. The molecular formula is C16H24N2O2. The number of anilines is 2. The van der Waals surface area contributed by atoms with Crippen molar-refractivity contribution in [3.8, 4) is 0 Å². The average molecular weight is 276 g/mol. The maximum absolute atomic E-state index is 11.7. The van der Waals surface area contributed by atoms with Crippen LogP contribution in [0, 0.1) is 5.92 Å². The van der Waals surface area contributed by atoms with Gasteiger partial charge in [-0.1, -0.05) is 13.8 Å². The zero-order chi connectivity index (χ0) is 14.7. The van der Waals surface area contributed by atoms with E-state index < -0.39 is 0 Å². The highest BCUT2D eigenvalue weighted by Crippen LogP contribution is 2.33. The van der Waals surface area contributed by atoms with Crippen molar-refractivity contribution in [3.05, 3.63) is 23.8 Å². The van der Waals surface area contributed by atoms with Gasteiger partial charge in [0.25, 0.3) is 0 Å². The fourth-order valence-corrected chi connectivity index (χ4v) is 2.94. The third-order valence-corrected chi connectivity index (χ3v) is 3.92.